The smallest absolute Gasteiger partial charge is 0.319 e. The van der Waals surface area contributed by atoms with Crippen LogP contribution in [0.2, 0.25) is 0 Å². The van der Waals surface area contributed by atoms with Crippen molar-refractivity contribution in [2.45, 2.75) is 52.5 Å². The van der Waals surface area contributed by atoms with Gasteiger partial charge in [0.15, 0.2) is 0 Å². The van der Waals surface area contributed by atoms with Gasteiger partial charge in [-0.1, -0.05) is 33.6 Å². The molecule has 0 spiro atoms. The molecule has 1 atom stereocenters. The third kappa shape index (κ3) is 7.19. The van der Waals surface area contributed by atoms with E-state index in [0.717, 1.165) is 25.7 Å². The lowest BCUT2D eigenvalue weighted by Gasteiger charge is -2.35. The van der Waals surface area contributed by atoms with E-state index in [1.54, 1.807) is 26.3 Å². The molecule has 0 unspecified atom stereocenters. The summed E-state index contributed by atoms with van der Waals surface area (Å²) in [5.41, 5.74) is 1.11. The van der Waals surface area contributed by atoms with Crippen molar-refractivity contribution in [3.8, 4) is 0 Å². The molecule has 1 aliphatic rings. The Morgan fingerprint density at radius 2 is 1.78 bits per heavy atom. The summed E-state index contributed by atoms with van der Waals surface area (Å²) < 4.78 is 0. The highest BCUT2D eigenvalue weighted by molar-refractivity contribution is 5.95. The number of nitrogens with one attached hydrogen (secondary N) is 3. The Labute approximate surface area is 186 Å². The van der Waals surface area contributed by atoms with Gasteiger partial charge in [0.2, 0.25) is 5.91 Å². The number of urea groups is 1. The van der Waals surface area contributed by atoms with E-state index in [2.05, 4.69) is 10.6 Å². The lowest BCUT2D eigenvalue weighted by atomic mass is 9.85. The molecule has 0 saturated heterocycles. The van der Waals surface area contributed by atoms with Crippen molar-refractivity contribution in [3.05, 3.63) is 34.4 Å². The Hall–Kier alpha value is -3.21. The molecule has 11 heteroatoms. The number of hydrogen-bond acceptors (Lipinski definition) is 6. The molecule has 11 nitrogen and oxygen atoms in total. The summed E-state index contributed by atoms with van der Waals surface area (Å²) in [4.78, 5) is 49.4. The Kier molecular flexibility index (Phi) is 8.53. The number of rotatable bonds is 8. The third-order valence-electron chi connectivity index (χ3n) is 5.45. The summed E-state index contributed by atoms with van der Waals surface area (Å²) in [6.45, 7) is 5.43. The molecule has 4 N–H and O–H groups in total. The van der Waals surface area contributed by atoms with Gasteiger partial charge in [-0.25, -0.2) is 10.3 Å². The van der Waals surface area contributed by atoms with Crippen LogP contribution >= 0.6 is 0 Å². The third-order valence-corrected chi connectivity index (χ3v) is 5.45. The molecule has 1 fully saturated rings. The van der Waals surface area contributed by atoms with E-state index < -0.39 is 34.2 Å². The fraction of sp³-hybridized carbons (Fsp3) is 0.571. The Balaban J connectivity index is 2.14. The number of carbonyl (C=O) groups is 3. The molecule has 32 heavy (non-hydrogen) atoms. The zero-order valence-electron chi connectivity index (χ0n) is 18.6. The molecule has 2 rings (SSSR count). The molecule has 176 valence electrons. The van der Waals surface area contributed by atoms with Crippen molar-refractivity contribution in [1.29, 1.82) is 0 Å². The second-order valence-electron chi connectivity index (χ2n) is 9.11. The van der Waals surface area contributed by atoms with Gasteiger partial charge < -0.3 is 15.5 Å². The van der Waals surface area contributed by atoms with Crippen molar-refractivity contribution >= 4 is 29.2 Å². The zero-order valence-corrected chi connectivity index (χ0v) is 18.6. The standard InChI is InChI=1S/C21H31N5O6/c1-21(2,3)18(23-20(29)22-15-8-10-16(11-9-15)26(31)32)19(28)25(13-17(27)24-30)12-14-6-4-5-7-14/h8-11,14,18,30H,4-7,12-13H2,1-3H3,(H,24,27)(H2,22,23,29)/t18-/m1/s1. The number of anilines is 1. The largest absolute Gasteiger partial charge is 0.331 e. The van der Waals surface area contributed by atoms with E-state index in [1.807, 2.05) is 0 Å². The average molecular weight is 450 g/mol. The van der Waals surface area contributed by atoms with Gasteiger partial charge in [-0.05, 0) is 36.3 Å². The van der Waals surface area contributed by atoms with Gasteiger partial charge in [-0.3, -0.25) is 24.9 Å². The topological polar surface area (TPSA) is 154 Å². The van der Waals surface area contributed by atoms with Gasteiger partial charge in [0, 0.05) is 24.4 Å². The van der Waals surface area contributed by atoms with Crippen LogP contribution in [0.25, 0.3) is 0 Å². The number of non-ortho nitro benzene ring substituents is 1. The summed E-state index contributed by atoms with van der Waals surface area (Å²) in [5, 5.41) is 24.9. The number of nitrogens with zero attached hydrogens (tertiary/aromatic N) is 2. The highest BCUT2D eigenvalue weighted by atomic mass is 16.6. The minimum absolute atomic E-state index is 0.108. The fourth-order valence-corrected chi connectivity index (χ4v) is 3.74. The number of nitro groups is 1. The van der Waals surface area contributed by atoms with Gasteiger partial charge in [0.25, 0.3) is 11.6 Å². The van der Waals surface area contributed by atoms with E-state index in [9.17, 15) is 24.5 Å². The molecule has 0 heterocycles. The molecular formula is C21H31N5O6. The van der Waals surface area contributed by atoms with E-state index in [1.165, 1.54) is 29.2 Å². The average Bonchev–Trinajstić information content (AvgIpc) is 3.23. The van der Waals surface area contributed by atoms with Crippen LogP contribution in [0.3, 0.4) is 0 Å². The van der Waals surface area contributed by atoms with Gasteiger partial charge in [-0.2, -0.15) is 0 Å². The van der Waals surface area contributed by atoms with Crippen LogP contribution in [0.1, 0.15) is 46.5 Å². The van der Waals surface area contributed by atoms with Crippen LogP contribution in [-0.2, 0) is 9.59 Å². The number of hydroxylamine groups is 1. The van der Waals surface area contributed by atoms with Crippen molar-refractivity contribution < 1.29 is 24.5 Å². The first-order chi connectivity index (χ1) is 15.0. The SMILES string of the molecule is CC(C)(C)[C@H](NC(=O)Nc1ccc([N+](=O)[O-])cc1)C(=O)N(CC(=O)NO)CC1CCCC1. The monoisotopic (exact) mass is 449 g/mol. The van der Waals surface area contributed by atoms with Gasteiger partial charge in [0.1, 0.15) is 12.6 Å². The first-order valence-electron chi connectivity index (χ1n) is 10.5. The lowest BCUT2D eigenvalue weighted by molar-refractivity contribution is -0.384. The second kappa shape index (κ2) is 10.9. The van der Waals surface area contributed by atoms with Crippen LogP contribution in [-0.4, -0.2) is 52.0 Å². The van der Waals surface area contributed by atoms with E-state index in [0.29, 0.717) is 12.2 Å². The molecule has 1 saturated carbocycles. The van der Waals surface area contributed by atoms with Crippen molar-refractivity contribution in [2.75, 3.05) is 18.4 Å². The molecule has 4 amide bonds. The number of benzene rings is 1. The summed E-state index contributed by atoms with van der Waals surface area (Å²) in [6.07, 6.45) is 4.05. The molecular weight excluding hydrogens is 418 g/mol. The van der Waals surface area contributed by atoms with Crippen LogP contribution in [0.15, 0.2) is 24.3 Å². The summed E-state index contributed by atoms with van der Waals surface area (Å²) in [7, 11) is 0. The van der Waals surface area contributed by atoms with Crippen molar-refractivity contribution in [2.24, 2.45) is 11.3 Å². The predicted octanol–water partition coefficient (Wildman–Crippen LogP) is 2.66. The van der Waals surface area contributed by atoms with Crippen LogP contribution in [0.5, 0.6) is 0 Å². The highest BCUT2D eigenvalue weighted by Gasteiger charge is 2.37. The zero-order chi connectivity index (χ0) is 23.9. The summed E-state index contributed by atoms with van der Waals surface area (Å²) >= 11 is 0. The molecule has 0 radical (unpaired) electrons. The maximum atomic E-state index is 13.4. The van der Waals surface area contributed by atoms with E-state index in [4.69, 9.17) is 5.21 Å². The number of hydrogen-bond donors (Lipinski definition) is 4. The number of amides is 4. The quantitative estimate of drug-likeness (QED) is 0.272. The highest BCUT2D eigenvalue weighted by Crippen LogP contribution is 2.27. The van der Waals surface area contributed by atoms with E-state index in [-0.39, 0.29) is 18.2 Å². The van der Waals surface area contributed by atoms with Crippen LogP contribution < -0.4 is 16.1 Å². The molecule has 0 bridgehead atoms. The maximum absolute atomic E-state index is 13.4. The van der Waals surface area contributed by atoms with Crippen molar-refractivity contribution in [3.63, 3.8) is 0 Å². The van der Waals surface area contributed by atoms with Gasteiger partial charge in [0.05, 0.1) is 4.92 Å². The Morgan fingerprint density at radius 1 is 1.19 bits per heavy atom. The Morgan fingerprint density at radius 3 is 2.28 bits per heavy atom. The predicted molar refractivity (Wildman–Crippen MR) is 117 cm³/mol. The summed E-state index contributed by atoms with van der Waals surface area (Å²) in [5.74, 6) is -0.869. The fourth-order valence-electron chi connectivity index (χ4n) is 3.74. The lowest BCUT2D eigenvalue weighted by Crippen LogP contribution is -2.57. The first-order valence-corrected chi connectivity index (χ1v) is 10.5. The van der Waals surface area contributed by atoms with E-state index >= 15 is 0 Å². The number of nitro benzene ring substituents is 1. The normalized spacial score (nSPS) is 15.0. The Bertz CT molecular complexity index is 830. The van der Waals surface area contributed by atoms with Crippen molar-refractivity contribution in [1.82, 2.24) is 15.7 Å². The minimum atomic E-state index is -0.951. The van der Waals surface area contributed by atoms with Gasteiger partial charge >= 0.3 is 6.03 Å². The maximum Gasteiger partial charge on any atom is 0.319 e. The summed E-state index contributed by atoms with van der Waals surface area (Å²) in [6, 6.07) is 3.71. The number of carbonyl (C=O) groups excluding carboxylic acids is 3. The van der Waals surface area contributed by atoms with Crippen LogP contribution in [0.4, 0.5) is 16.2 Å². The molecule has 0 aromatic heterocycles. The molecule has 1 aliphatic carbocycles. The minimum Gasteiger partial charge on any atom is -0.331 e. The molecule has 0 aliphatic heterocycles. The molecule has 1 aromatic rings. The first kappa shape index (κ1) is 25.1. The molecule has 1 aromatic carbocycles. The van der Waals surface area contributed by atoms with Crippen LogP contribution in [0, 0.1) is 21.4 Å². The van der Waals surface area contributed by atoms with Gasteiger partial charge in [-0.15, -0.1) is 0 Å². The second-order valence-corrected chi connectivity index (χ2v) is 9.11.